The minimum atomic E-state index is -0.401. The van der Waals surface area contributed by atoms with Crippen LogP contribution in [-0.4, -0.2) is 50.2 Å². The van der Waals surface area contributed by atoms with E-state index in [1.807, 2.05) is 6.92 Å². The quantitative estimate of drug-likeness (QED) is 0.682. The third-order valence-corrected chi connectivity index (χ3v) is 4.31. The van der Waals surface area contributed by atoms with Crippen LogP contribution < -0.4 is 0 Å². The van der Waals surface area contributed by atoms with Crippen molar-refractivity contribution < 1.29 is 19.1 Å². The predicted octanol–water partition coefficient (Wildman–Crippen LogP) is 1.31. The molecule has 5 nitrogen and oxygen atoms in total. The highest BCUT2D eigenvalue weighted by Crippen LogP contribution is 2.47. The minimum Gasteiger partial charge on any atom is -0.469 e. The van der Waals surface area contributed by atoms with Gasteiger partial charge in [-0.05, 0) is 19.0 Å². The van der Waals surface area contributed by atoms with E-state index in [1.165, 1.54) is 14.2 Å². The summed E-state index contributed by atoms with van der Waals surface area (Å²) < 4.78 is 9.71. The van der Waals surface area contributed by atoms with Gasteiger partial charge in [0.25, 0.3) is 0 Å². The summed E-state index contributed by atoms with van der Waals surface area (Å²) in [5.74, 6) is -1.21. The van der Waals surface area contributed by atoms with Gasteiger partial charge in [-0.1, -0.05) is 27.2 Å². The minimum absolute atomic E-state index is 0.0801. The number of hydrogen-bond acceptors (Lipinski definition) is 5. The average Bonchev–Trinajstić information content (AvgIpc) is 2.42. The van der Waals surface area contributed by atoms with Gasteiger partial charge in [-0.15, -0.1) is 0 Å². The summed E-state index contributed by atoms with van der Waals surface area (Å²) in [5.41, 5.74) is 0. The van der Waals surface area contributed by atoms with Crippen molar-refractivity contribution in [3.8, 4) is 0 Å². The summed E-state index contributed by atoms with van der Waals surface area (Å²) in [4.78, 5) is 26.1. The molecule has 0 aliphatic heterocycles. The first-order valence-electron chi connectivity index (χ1n) is 6.96. The fourth-order valence-electron chi connectivity index (χ4n) is 3.33. The van der Waals surface area contributed by atoms with Crippen LogP contribution in [0.4, 0.5) is 0 Å². The van der Waals surface area contributed by atoms with Crippen molar-refractivity contribution in [2.75, 3.05) is 27.3 Å². The smallest absolute Gasteiger partial charge is 0.311 e. The summed E-state index contributed by atoms with van der Waals surface area (Å²) >= 11 is 0. The number of hydrogen-bond donors (Lipinski definition) is 0. The third-order valence-electron chi connectivity index (χ3n) is 4.31. The predicted molar refractivity (Wildman–Crippen MR) is 71.5 cm³/mol. The highest BCUT2D eigenvalue weighted by Gasteiger charge is 2.59. The van der Waals surface area contributed by atoms with E-state index in [-0.39, 0.29) is 29.8 Å². The molecule has 4 atom stereocenters. The van der Waals surface area contributed by atoms with Crippen molar-refractivity contribution in [1.29, 1.82) is 0 Å². The normalized spacial score (nSPS) is 29.8. The van der Waals surface area contributed by atoms with E-state index in [2.05, 4.69) is 18.7 Å². The maximum Gasteiger partial charge on any atom is 0.311 e. The van der Waals surface area contributed by atoms with Crippen LogP contribution in [0, 0.1) is 17.8 Å². The second-order valence-corrected chi connectivity index (χ2v) is 4.88. The molecule has 0 aromatic carbocycles. The molecular weight excluding hydrogens is 246 g/mol. The molecule has 0 unspecified atom stereocenters. The molecule has 110 valence electrons. The first-order chi connectivity index (χ1) is 9.06. The van der Waals surface area contributed by atoms with Crippen molar-refractivity contribution in [2.24, 2.45) is 17.8 Å². The van der Waals surface area contributed by atoms with Gasteiger partial charge in [0.2, 0.25) is 0 Å². The van der Waals surface area contributed by atoms with E-state index >= 15 is 0 Å². The van der Waals surface area contributed by atoms with Crippen LogP contribution in [0.25, 0.3) is 0 Å². The van der Waals surface area contributed by atoms with Crippen LogP contribution in [0.5, 0.6) is 0 Å². The Hall–Kier alpha value is -1.10. The molecule has 1 fully saturated rings. The first-order valence-corrected chi connectivity index (χ1v) is 6.96. The number of rotatable bonds is 6. The molecule has 0 saturated heterocycles. The molecule has 0 bridgehead atoms. The van der Waals surface area contributed by atoms with Gasteiger partial charge in [-0.2, -0.15) is 0 Å². The van der Waals surface area contributed by atoms with Crippen molar-refractivity contribution in [1.82, 2.24) is 4.90 Å². The molecule has 1 saturated carbocycles. The Morgan fingerprint density at radius 1 is 0.947 bits per heavy atom. The largest absolute Gasteiger partial charge is 0.469 e. The zero-order valence-corrected chi connectivity index (χ0v) is 12.5. The number of carbonyl (C=O) groups is 2. The van der Waals surface area contributed by atoms with E-state index in [4.69, 9.17) is 9.47 Å². The highest BCUT2D eigenvalue weighted by atomic mass is 16.5. The van der Waals surface area contributed by atoms with Gasteiger partial charge in [0.15, 0.2) is 0 Å². The summed E-state index contributed by atoms with van der Waals surface area (Å²) in [5, 5.41) is 0. The number of nitrogens with zero attached hydrogens (tertiary/aromatic N) is 1. The summed E-state index contributed by atoms with van der Waals surface area (Å²) in [6.45, 7) is 7.90. The Kier molecular flexibility index (Phi) is 5.79. The fourth-order valence-corrected chi connectivity index (χ4v) is 3.33. The standard InChI is InChI=1S/C14H25NO4/c1-6-9-10(13(16)18-4)11(14(17)19-5)12(9)15(7-2)8-3/h9-12H,6-8H2,1-5H3/t9-,10-,11+,12+/m1/s1. The number of esters is 2. The Bertz CT molecular complexity index is 327. The molecular formula is C14H25NO4. The average molecular weight is 271 g/mol. The van der Waals surface area contributed by atoms with Crippen LogP contribution >= 0.6 is 0 Å². The van der Waals surface area contributed by atoms with Crippen molar-refractivity contribution in [3.05, 3.63) is 0 Å². The monoisotopic (exact) mass is 271 g/mol. The van der Waals surface area contributed by atoms with E-state index < -0.39 is 5.92 Å². The van der Waals surface area contributed by atoms with Gasteiger partial charge in [-0.25, -0.2) is 0 Å². The lowest BCUT2D eigenvalue weighted by atomic mass is 9.58. The Balaban J connectivity index is 3.00. The maximum absolute atomic E-state index is 12.0. The second-order valence-electron chi connectivity index (χ2n) is 4.88. The summed E-state index contributed by atoms with van der Waals surface area (Å²) in [6.07, 6.45) is 0.856. The van der Waals surface area contributed by atoms with E-state index in [0.29, 0.717) is 0 Å². The SMILES string of the molecule is CC[C@@H]1[C@@H](C(=O)OC)[C@H](C(=O)OC)[C@H]1N(CC)CC. The van der Waals surface area contributed by atoms with Crippen LogP contribution in [0.15, 0.2) is 0 Å². The molecule has 0 aromatic rings. The molecule has 0 heterocycles. The van der Waals surface area contributed by atoms with Gasteiger partial charge in [0.05, 0.1) is 26.1 Å². The topological polar surface area (TPSA) is 55.8 Å². The van der Waals surface area contributed by atoms with Gasteiger partial charge < -0.3 is 9.47 Å². The molecule has 19 heavy (non-hydrogen) atoms. The van der Waals surface area contributed by atoms with Crippen molar-refractivity contribution in [2.45, 2.75) is 33.2 Å². The Labute approximate surface area is 115 Å². The molecule has 0 radical (unpaired) electrons. The van der Waals surface area contributed by atoms with Crippen LogP contribution in [0.3, 0.4) is 0 Å². The Morgan fingerprint density at radius 2 is 1.42 bits per heavy atom. The third kappa shape index (κ3) is 2.76. The zero-order chi connectivity index (χ0) is 14.6. The van der Waals surface area contributed by atoms with E-state index in [9.17, 15) is 9.59 Å². The maximum atomic E-state index is 12.0. The first kappa shape index (κ1) is 16.0. The molecule has 0 spiro atoms. The van der Waals surface area contributed by atoms with E-state index in [1.54, 1.807) is 0 Å². The lowest BCUT2D eigenvalue weighted by Gasteiger charge is -2.53. The van der Waals surface area contributed by atoms with Crippen LogP contribution in [0.2, 0.25) is 0 Å². The second kappa shape index (κ2) is 6.89. The molecule has 1 aliphatic carbocycles. The molecule has 0 amide bonds. The molecule has 5 heteroatoms. The van der Waals surface area contributed by atoms with Gasteiger partial charge in [0.1, 0.15) is 0 Å². The van der Waals surface area contributed by atoms with Gasteiger partial charge in [-0.3, -0.25) is 14.5 Å². The van der Waals surface area contributed by atoms with Crippen LogP contribution in [-0.2, 0) is 19.1 Å². The van der Waals surface area contributed by atoms with Gasteiger partial charge >= 0.3 is 11.9 Å². The van der Waals surface area contributed by atoms with Crippen molar-refractivity contribution in [3.63, 3.8) is 0 Å². The lowest BCUT2D eigenvalue weighted by molar-refractivity contribution is -0.181. The number of ether oxygens (including phenoxy) is 2. The molecule has 1 aliphatic rings. The fraction of sp³-hybridized carbons (Fsp3) is 0.857. The number of methoxy groups -OCH3 is 2. The van der Waals surface area contributed by atoms with Gasteiger partial charge in [0, 0.05) is 6.04 Å². The van der Waals surface area contributed by atoms with Crippen molar-refractivity contribution >= 4 is 11.9 Å². The summed E-state index contributed by atoms with van der Waals surface area (Å²) in [6, 6.07) is 0.0801. The highest BCUT2D eigenvalue weighted by molar-refractivity contribution is 5.85. The lowest BCUT2D eigenvalue weighted by Crippen LogP contribution is -2.64. The molecule has 0 aromatic heterocycles. The summed E-state index contributed by atoms with van der Waals surface area (Å²) in [7, 11) is 2.74. The molecule has 1 rings (SSSR count). The zero-order valence-electron chi connectivity index (χ0n) is 12.5. The molecule has 0 N–H and O–H groups in total. The Morgan fingerprint density at radius 3 is 1.79 bits per heavy atom. The van der Waals surface area contributed by atoms with E-state index in [0.717, 1.165) is 19.5 Å². The number of carbonyl (C=O) groups excluding carboxylic acids is 2. The van der Waals surface area contributed by atoms with Crippen LogP contribution in [0.1, 0.15) is 27.2 Å².